The zero-order chi connectivity index (χ0) is 13.9. The van der Waals surface area contributed by atoms with Gasteiger partial charge in [0.05, 0.1) is 16.8 Å². The van der Waals surface area contributed by atoms with Crippen LogP contribution in [0.25, 0.3) is 0 Å². The van der Waals surface area contributed by atoms with E-state index in [9.17, 15) is 8.42 Å². The molecule has 19 heavy (non-hydrogen) atoms. The van der Waals surface area contributed by atoms with Gasteiger partial charge in [-0.05, 0) is 36.4 Å². The van der Waals surface area contributed by atoms with Crippen molar-refractivity contribution in [1.82, 2.24) is 4.98 Å². The molecule has 0 saturated carbocycles. The average molecular weight is 278 g/mol. The first kappa shape index (κ1) is 13.5. The lowest BCUT2D eigenvalue weighted by atomic mass is 10.3. The first-order valence-electron chi connectivity index (χ1n) is 5.62. The molecule has 0 radical (unpaired) electrons. The molecule has 0 fully saturated rings. The van der Waals surface area contributed by atoms with Crippen molar-refractivity contribution in [3.63, 3.8) is 0 Å². The van der Waals surface area contributed by atoms with Gasteiger partial charge in [0.2, 0.25) is 0 Å². The molecule has 1 aromatic heterocycles. The summed E-state index contributed by atoms with van der Waals surface area (Å²) in [6.07, 6.45) is 2.74. The molecule has 1 heterocycles. The summed E-state index contributed by atoms with van der Waals surface area (Å²) in [5.41, 5.74) is 6.23. The quantitative estimate of drug-likeness (QED) is 0.921. The van der Waals surface area contributed by atoms with Crippen molar-refractivity contribution in [2.45, 2.75) is 11.4 Å². The molecule has 6 heteroatoms. The number of rotatable bonds is 4. The molecule has 0 saturated heterocycles. The van der Waals surface area contributed by atoms with Gasteiger partial charge >= 0.3 is 0 Å². The smallest absolute Gasteiger partial charge is 0.175 e. The van der Waals surface area contributed by atoms with Crippen LogP contribution in [0.3, 0.4) is 0 Å². The summed E-state index contributed by atoms with van der Waals surface area (Å²) in [6, 6.07) is 9.76. The Labute approximate surface area is 112 Å². The van der Waals surface area contributed by atoms with Crippen LogP contribution in [-0.4, -0.2) is 19.7 Å². The van der Waals surface area contributed by atoms with E-state index < -0.39 is 9.84 Å². The molecular weight excluding hydrogens is 264 g/mol. The predicted octanol–water partition coefficient (Wildman–Crippen LogP) is 1.74. The minimum Gasteiger partial charge on any atom is -0.456 e. The fourth-order valence-electron chi connectivity index (χ4n) is 1.48. The van der Waals surface area contributed by atoms with Crippen LogP contribution in [0.5, 0.6) is 11.5 Å². The minimum absolute atomic E-state index is 0.261. The second kappa shape index (κ2) is 5.38. The number of aromatic nitrogens is 1. The van der Waals surface area contributed by atoms with E-state index in [0.717, 1.165) is 5.69 Å². The van der Waals surface area contributed by atoms with Gasteiger partial charge in [-0.25, -0.2) is 8.42 Å². The maximum atomic E-state index is 11.3. The maximum Gasteiger partial charge on any atom is 0.175 e. The molecule has 2 aromatic rings. The van der Waals surface area contributed by atoms with Crippen LogP contribution in [-0.2, 0) is 16.4 Å². The van der Waals surface area contributed by atoms with Gasteiger partial charge < -0.3 is 10.5 Å². The number of hydrogen-bond donors (Lipinski definition) is 1. The summed E-state index contributed by atoms with van der Waals surface area (Å²) >= 11 is 0. The standard InChI is InChI=1S/C13H14N2O3S/c1-19(16,17)13-6-4-11(5-7-13)18-12-3-2-10(8-14)15-9-12/h2-7,9H,8,14H2,1H3. The molecule has 0 unspecified atom stereocenters. The summed E-state index contributed by atoms with van der Waals surface area (Å²) in [6.45, 7) is 0.378. The third-order valence-corrected chi connectivity index (χ3v) is 3.62. The van der Waals surface area contributed by atoms with Crippen LogP contribution in [0.15, 0.2) is 47.5 Å². The topological polar surface area (TPSA) is 82.3 Å². The Kier molecular flexibility index (Phi) is 3.82. The summed E-state index contributed by atoms with van der Waals surface area (Å²) < 4.78 is 28.2. The van der Waals surface area contributed by atoms with Gasteiger partial charge in [0.15, 0.2) is 9.84 Å². The molecule has 0 atom stereocenters. The highest BCUT2D eigenvalue weighted by Crippen LogP contribution is 2.22. The van der Waals surface area contributed by atoms with Crippen LogP contribution >= 0.6 is 0 Å². The summed E-state index contributed by atoms with van der Waals surface area (Å²) in [5, 5.41) is 0. The Bertz CT molecular complexity index is 649. The fraction of sp³-hybridized carbons (Fsp3) is 0.154. The zero-order valence-corrected chi connectivity index (χ0v) is 11.2. The number of ether oxygens (including phenoxy) is 1. The first-order valence-corrected chi connectivity index (χ1v) is 7.51. The molecule has 1 aromatic carbocycles. The molecule has 2 N–H and O–H groups in total. The molecule has 100 valence electrons. The monoisotopic (exact) mass is 278 g/mol. The van der Waals surface area contributed by atoms with E-state index in [0.29, 0.717) is 18.0 Å². The van der Waals surface area contributed by atoms with E-state index >= 15 is 0 Å². The Morgan fingerprint density at radius 2 is 1.74 bits per heavy atom. The summed E-state index contributed by atoms with van der Waals surface area (Å²) in [7, 11) is -3.18. The van der Waals surface area contributed by atoms with Crippen molar-refractivity contribution in [2.24, 2.45) is 5.73 Å². The Morgan fingerprint density at radius 3 is 2.21 bits per heavy atom. The second-order valence-electron chi connectivity index (χ2n) is 4.03. The maximum absolute atomic E-state index is 11.3. The third kappa shape index (κ3) is 3.52. The zero-order valence-electron chi connectivity index (χ0n) is 10.4. The Morgan fingerprint density at radius 1 is 1.11 bits per heavy atom. The van der Waals surface area contributed by atoms with Gasteiger partial charge in [0, 0.05) is 12.8 Å². The number of benzene rings is 1. The molecular formula is C13H14N2O3S. The third-order valence-electron chi connectivity index (χ3n) is 2.49. The van der Waals surface area contributed by atoms with E-state index in [1.807, 2.05) is 0 Å². The van der Waals surface area contributed by atoms with E-state index in [1.165, 1.54) is 18.4 Å². The highest BCUT2D eigenvalue weighted by atomic mass is 32.2. The van der Waals surface area contributed by atoms with Crippen LogP contribution in [0.1, 0.15) is 5.69 Å². The lowest BCUT2D eigenvalue weighted by Gasteiger charge is -2.06. The number of sulfone groups is 1. The van der Waals surface area contributed by atoms with Crippen molar-refractivity contribution in [3.05, 3.63) is 48.3 Å². The van der Waals surface area contributed by atoms with Crippen molar-refractivity contribution < 1.29 is 13.2 Å². The van der Waals surface area contributed by atoms with Gasteiger partial charge in [-0.3, -0.25) is 4.98 Å². The first-order chi connectivity index (χ1) is 8.99. The van der Waals surface area contributed by atoms with E-state index in [4.69, 9.17) is 10.5 Å². The van der Waals surface area contributed by atoms with Crippen molar-refractivity contribution in [2.75, 3.05) is 6.26 Å². The van der Waals surface area contributed by atoms with Crippen molar-refractivity contribution >= 4 is 9.84 Å². The normalized spacial score (nSPS) is 11.3. The average Bonchev–Trinajstić information content (AvgIpc) is 2.39. The van der Waals surface area contributed by atoms with Gasteiger partial charge in [-0.1, -0.05) is 0 Å². The molecule has 0 aliphatic heterocycles. The number of pyridine rings is 1. The Balaban J connectivity index is 2.15. The van der Waals surface area contributed by atoms with Gasteiger partial charge in [-0.15, -0.1) is 0 Å². The second-order valence-corrected chi connectivity index (χ2v) is 6.05. The van der Waals surface area contributed by atoms with E-state index in [2.05, 4.69) is 4.98 Å². The molecule has 2 rings (SSSR count). The van der Waals surface area contributed by atoms with E-state index in [1.54, 1.807) is 30.5 Å². The number of hydrogen-bond acceptors (Lipinski definition) is 5. The van der Waals surface area contributed by atoms with E-state index in [-0.39, 0.29) is 4.90 Å². The number of nitrogens with two attached hydrogens (primary N) is 1. The lowest BCUT2D eigenvalue weighted by Crippen LogP contribution is -1.99. The van der Waals surface area contributed by atoms with Crippen LogP contribution < -0.4 is 10.5 Å². The van der Waals surface area contributed by atoms with Gasteiger partial charge in [-0.2, -0.15) is 0 Å². The minimum atomic E-state index is -3.18. The van der Waals surface area contributed by atoms with Gasteiger partial charge in [0.1, 0.15) is 11.5 Å². The van der Waals surface area contributed by atoms with Gasteiger partial charge in [0.25, 0.3) is 0 Å². The molecule has 5 nitrogen and oxygen atoms in total. The summed E-state index contributed by atoms with van der Waals surface area (Å²) in [5.74, 6) is 1.12. The molecule has 0 aliphatic rings. The van der Waals surface area contributed by atoms with Crippen LogP contribution in [0.2, 0.25) is 0 Å². The van der Waals surface area contributed by atoms with Crippen molar-refractivity contribution in [3.8, 4) is 11.5 Å². The number of nitrogens with zero attached hydrogens (tertiary/aromatic N) is 1. The van der Waals surface area contributed by atoms with Crippen LogP contribution in [0.4, 0.5) is 0 Å². The molecule has 0 amide bonds. The largest absolute Gasteiger partial charge is 0.456 e. The Hall–Kier alpha value is -1.92. The molecule has 0 bridgehead atoms. The molecule has 0 aliphatic carbocycles. The SMILES string of the molecule is CS(=O)(=O)c1ccc(Oc2ccc(CN)nc2)cc1. The highest BCUT2D eigenvalue weighted by molar-refractivity contribution is 7.90. The summed E-state index contributed by atoms with van der Waals surface area (Å²) in [4.78, 5) is 4.36. The van der Waals surface area contributed by atoms with Crippen LogP contribution in [0, 0.1) is 0 Å². The van der Waals surface area contributed by atoms with Crippen molar-refractivity contribution in [1.29, 1.82) is 0 Å². The fourth-order valence-corrected chi connectivity index (χ4v) is 2.11. The predicted molar refractivity (Wildman–Crippen MR) is 71.8 cm³/mol. The highest BCUT2D eigenvalue weighted by Gasteiger charge is 2.06. The lowest BCUT2D eigenvalue weighted by molar-refractivity contribution is 0.479. The molecule has 0 spiro atoms.